The molecule has 7 nitrogen and oxygen atoms in total. The molecule has 1 unspecified atom stereocenters. The van der Waals surface area contributed by atoms with Crippen molar-refractivity contribution in [2.75, 3.05) is 17.2 Å². The van der Waals surface area contributed by atoms with E-state index in [1.54, 1.807) is 0 Å². The quantitative estimate of drug-likeness (QED) is 0.330. The number of aromatic nitrogens is 2. The van der Waals surface area contributed by atoms with E-state index in [4.69, 9.17) is 0 Å². The molecule has 1 atom stereocenters. The van der Waals surface area contributed by atoms with Crippen LogP contribution in [-0.2, 0) is 6.42 Å². The normalized spacial score (nSPS) is 15.1. The van der Waals surface area contributed by atoms with Gasteiger partial charge in [-0.2, -0.15) is 4.98 Å². The lowest BCUT2D eigenvalue weighted by Crippen LogP contribution is -2.20. The van der Waals surface area contributed by atoms with Crippen molar-refractivity contribution in [2.24, 2.45) is 5.92 Å². The molecule has 0 bridgehead atoms. The third-order valence-corrected chi connectivity index (χ3v) is 6.04. The molecule has 1 aliphatic rings. The third-order valence-electron chi connectivity index (χ3n) is 6.04. The van der Waals surface area contributed by atoms with Gasteiger partial charge in [-0.1, -0.05) is 79.9 Å². The maximum absolute atomic E-state index is 11.5. The molecule has 32 heavy (non-hydrogen) atoms. The monoisotopic (exact) mass is 431 g/mol. The summed E-state index contributed by atoms with van der Waals surface area (Å²) in [4.78, 5) is 19.9. The van der Waals surface area contributed by atoms with Crippen LogP contribution in [0.2, 0.25) is 0 Å². The minimum absolute atomic E-state index is 0.0637. The Bertz CT molecular complexity index is 1010. The highest BCUT2D eigenvalue weighted by Crippen LogP contribution is 2.28. The Hall–Kier alpha value is -3.48. The van der Waals surface area contributed by atoms with E-state index in [0.717, 1.165) is 24.8 Å². The smallest absolute Gasteiger partial charge is 0.329 e. The highest BCUT2D eigenvalue weighted by atomic mass is 16.6. The zero-order chi connectivity index (χ0) is 22.2. The van der Waals surface area contributed by atoms with Gasteiger partial charge in [0.05, 0.1) is 11.0 Å². The van der Waals surface area contributed by atoms with Gasteiger partial charge in [0.2, 0.25) is 11.8 Å². The van der Waals surface area contributed by atoms with Gasteiger partial charge in [-0.15, -0.1) is 0 Å². The zero-order valence-corrected chi connectivity index (χ0v) is 18.1. The molecule has 2 aromatic carbocycles. The van der Waals surface area contributed by atoms with Crippen LogP contribution in [0.3, 0.4) is 0 Å². The number of anilines is 2. The lowest BCUT2D eigenvalue weighted by molar-refractivity contribution is -0.384. The van der Waals surface area contributed by atoms with Gasteiger partial charge in [0, 0.05) is 6.54 Å². The van der Waals surface area contributed by atoms with Crippen molar-refractivity contribution >= 4 is 17.5 Å². The lowest BCUT2D eigenvalue weighted by Gasteiger charge is -2.22. The molecule has 1 heterocycles. The molecule has 0 aliphatic heterocycles. The molecule has 0 amide bonds. The molecule has 166 valence electrons. The molecule has 4 rings (SSSR count). The maximum Gasteiger partial charge on any atom is 0.329 e. The number of rotatable bonds is 9. The van der Waals surface area contributed by atoms with Crippen molar-refractivity contribution in [2.45, 2.75) is 44.6 Å². The Morgan fingerprint density at radius 3 is 2.38 bits per heavy atom. The molecule has 1 aromatic heterocycles. The van der Waals surface area contributed by atoms with Crippen molar-refractivity contribution in [3.05, 3.63) is 88.1 Å². The molecule has 2 N–H and O–H groups in total. The van der Waals surface area contributed by atoms with E-state index in [9.17, 15) is 10.1 Å². The third kappa shape index (κ3) is 5.81. The summed E-state index contributed by atoms with van der Waals surface area (Å²) in [5.41, 5.74) is 2.20. The summed E-state index contributed by atoms with van der Waals surface area (Å²) >= 11 is 0. The van der Waals surface area contributed by atoms with E-state index in [-0.39, 0.29) is 17.5 Å². The van der Waals surface area contributed by atoms with Crippen LogP contribution >= 0.6 is 0 Å². The average molecular weight is 432 g/mol. The van der Waals surface area contributed by atoms with Crippen LogP contribution in [0, 0.1) is 16.0 Å². The zero-order valence-electron chi connectivity index (χ0n) is 18.1. The van der Waals surface area contributed by atoms with Crippen LogP contribution in [0.25, 0.3) is 0 Å². The Morgan fingerprint density at radius 1 is 1.00 bits per heavy atom. The SMILES string of the molecule is O=[N+]([O-])c1cnc(NC(Cc2ccccc2)c2ccccc2)nc1NCC1CCCCC1. The highest BCUT2D eigenvalue weighted by molar-refractivity contribution is 5.57. The van der Waals surface area contributed by atoms with Gasteiger partial charge in [0.15, 0.2) is 0 Å². The number of nitrogens with zero attached hydrogens (tertiary/aromatic N) is 3. The summed E-state index contributed by atoms with van der Waals surface area (Å²) in [6.07, 6.45) is 8.08. The molecule has 0 spiro atoms. The Balaban J connectivity index is 1.55. The predicted octanol–water partition coefficient (Wildman–Crippen LogP) is 5.77. The Morgan fingerprint density at radius 2 is 1.69 bits per heavy atom. The molecule has 1 aliphatic carbocycles. The summed E-state index contributed by atoms with van der Waals surface area (Å²) in [7, 11) is 0. The summed E-state index contributed by atoms with van der Waals surface area (Å²) in [6, 6.07) is 20.3. The predicted molar refractivity (Wildman–Crippen MR) is 127 cm³/mol. The number of hydrogen-bond donors (Lipinski definition) is 2. The van der Waals surface area contributed by atoms with Gasteiger partial charge < -0.3 is 10.6 Å². The fourth-order valence-electron chi connectivity index (χ4n) is 4.28. The molecule has 7 heteroatoms. The first-order valence-electron chi connectivity index (χ1n) is 11.3. The van der Waals surface area contributed by atoms with Gasteiger partial charge in [0.25, 0.3) is 0 Å². The van der Waals surface area contributed by atoms with Gasteiger partial charge in [0.1, 0.15) is 6.20 Å². The number of benzene rings is 2. The fraction of sp³-hybridized carbons (Fsp3) is 0.360. The summed E-state index contributed by atoms with van der Waals surface area (Å²) in [6.45, 7) is 0.698. The molecular formula is C25H29N5O2. The van der Waals surface area contributed by atoms with Crippen molar-refractivity contribution in [3.63, 3.8) is 0 Å². The van der Waals surface area contributed by atoms with E-state index in [2.05, 4.69) is 44.9 Å². The van der Waals surface area contributed by atoms with E-state index in [1.807, 2.05) is 36.4 Å². The van der Waals surface area contributed by atoms with E-state index >= 15 is 0 Å². The van der Waals surface area contributed by atoms with Crippen LogP contribution in [0.4, 0.5) is 17.5 Å². The standard InChI is InChI=1S/C25H29N5O2/c31-30(32)23-18-27-25(29-24(23)26-17-20-12-6-2-7-13-20)28-22(21-14-8-3-9-15-21)16-19-10-4-1-5-11-19/h1,3-5,8-11,14-15,18,20,22H,2,6-7,12-13,16-17H2,(H2,26,27,28,29). The first-order valence-corrected chi connectivity index (χ1v) is 11.3. The van der Waals surface area contributed by atoms with Crippen LogP contribution < -0.4 is 10.6 Å². The molecule has 1 fully saturated rings. The van der Waals surface area contributed by atoms with E-state index in [0.29, 0.717) is 18.4 Å². The maximum atomic E-state index is 11.5. The van der Waals surface area contributed by atoms with Crippen molar-refractivity contribution < 1.29 is 4.92 Å². The fourth-order valence-corrected chi connectivity index (χ4v) is 4.28. The summed E-state index contributed by atoms with van der Waals surface area (Å²) in [5.74, 6) is 1.20. The second-order valence-electron chi connectivity index (χ2n) is 8.37. The highest BCUT2D eigenvalue weighted by Gasteiger charge is 2.21. The van der Waals surface area contributed by atoms with Gasteiger partial charge in [-0.05, 0) is 36.3 Å². The Kier molecular flexibility index (Phi) is 7.27. The minimum atomic E-state index is -0.425. The molecule has 3 aromatic rings. The van der Waals surface area contributed by atoms with E-state index in [1.165, 1.54) is 31.0 Å². The number of nitro groups is 1. The molecule has 0 radical (unpaired) electrons. The summed E-state index contributed by atoms with van der Waals surface area (Å²) in [5, 5.41) is 18.2. The second kappa shape index (κ2) is 10.7. The number of nitrogens with one attached hydrogen (secondary N) is 2. The van der Waals surface area contributed by atoms with Crippen LogP contribution in [0.1, 0.15) is 49.3 Å². The molecule has 0 saturated heterocycles. The van der Waals surface area contributed by atoms with Crippen molar-refractivity contribution in [1.29, 1.82) is 0 Å². The van der Waals surface area contributed by atoms with Crippen LogP contribution in [-0.4, -0.2) is 21.4 Å². The molecule has 1 saturated carbocycles. The Labute approximate surface area is 188 Å². The van der Waals surface area contributed by atoms with Crippen LogP contribution in [0.15, 0.2) is 66.9 Å². The second-order valence-corrected chi connectivity index (χ2v) is 8.37. The van der Waals surface area contributed by atoms with Crippen LogP contribution in [0.5, 0.6) is 0 Å². The van der Waals surface area contributed by atoms with Gasteiger partial charge in [-0.3, -0.25) is 10.1 Å². The van der Waals surface area contributed by atoms with E-state index < -0.39 is 4.92 Å². The average Bonchev–Trinajstić information content (AvgIpc) is 2.84. The first-order chi connectivity index (χ1) is 15.7. The summed E-state index contributed by atoms with van der Waals surface area (Å²) < 4.78 is 0. The largest absolute Gasteiger partial charge is 0.364 e. The first kappa shape index (κ1) is 21.7. The lowest BCUT2D eigenvalue weighted by atomic mass is 9.89. The topological polar surface area (TPSA) is 93.0 Å². The van der Waals surface area contributed by atoms with Crippen molar-refractivity contribution in [3.8, 4) is 0 Å². The van der Waals surface area contributed by atoms with Gasteiger partial charge >= 0.3 is 5.69 Å². The minimum Gasteiger partial charge on any atom is -0.364 e. The van der Waals surface area contributed by atoms with Gasteiger partial charge in [-0.25, -0.2) is 4.98 Å². The van der Waals surface area contributed by atoms with Crippen molar-refractivity contribution in [1.82, 2.24) is 9.97 Å². The molecular weight excluding hydrogens is 402 g/mol. The number of hydrogen-bond acceptors (Lipinski definition) is 6.